The van der Waals surface area contributed by atoms with Crippen LogP contribution in [-0.4, -0.2) is 21.0 Å². The predicted molar refractivity (Wildman–Crippen MR) is 76.4 cm³/mol. The third-order valence-corrected chi connectivity index (χ3v) is 5.00. The second kappa shape index (κ2) is 6.65. The lowest BCUT2D eigenvalue weighted by Gasteiger charge is -2.26. The van der Waals surface area contributed by atoms with Crippen LogP contribution in [0.2, 0.25) is 0 Å². The minimum Gasteiger partial charge on any atom is -0.313 e. The van der Waals surface area contributed by atoms with Crippen molar-refractivity contribution in [3.8, 4) is 0 Å². The normalized spacial score (nSPS) is 16.1. The second-order valence-corrected chi connectivity index (χ2v) is 6.87. The van der Waals surface area contributed by atoms with Crippen LogP contribution in [0.4, 0.5) is 4.39 Å². The highest BCUT2D eigenvalue weighted by atomic mass is 32.2. The van der Waals surface area contributed by atoms with Gasteiger partial charge in [0.05, 0.1) is 0 Å². The Kier molecular flexibility index (Phi) is 5.12. The molecule has 1 aromatic rings. The number of sulfonamides is 1. The van der Waals surface area contributed by atoms with Gasteiger partial charge in [-0.1, -0.05) is 19.4 Å². The summed E-state index contributed by atoms with van der Waals surface area (Å²) in [7, 11) is -3.76. The molecule has 0 spiro atoms. The van der Waals surface area contributed by atoms with Gasteiger partial charge in [0.25, 0.3) is 0 Å². The standard InChI is InChI=1S/C14H21FN2O2S/c1-2-8-16-10-11-6-7-13(15)14(9-11)20(18,19)17-12-4-3-5-12/h6-7,9,12,16-17H,2-5,8,10H2,1H3. The summed E-state index contributed by atoms with van der Waals surface area (Å²) in [6.45, 7) is 3.44. The average Bonchev–Trinajstić information content (AvgIpc) is 2.36. The van der Waals surface area contributed by atoms with Crippen LogP contribution in [0, 0.1) is 5.82 Å². The van der Waals surface area contributed by atoms with Gasteiger partial charge in [0.2, 0.25) is 10.0 Å². The molecule has 0 aliphatic heterocycles. The van der Waals surface area contributed by atoms with E-state index < -0.39 is 15.8 Å². The van der Waals surface area contributed by atoms with E-state index in [1.54, 1.807) is 6.07 Å². The molecule has 1 saturated carbocycles. The van der Waals surface area contributed by atoms with Crippen LogP contribution in [0.1, 0.15) is 38.2 Å². The molecule has 6 heteroatoms. The quantitative estimate of drug-likeness (QED) is 0.759. The molecule has 0 heterocycles. The monoisotopic (exact) mass is 300 g/mol. The Bertz CT molecular complexity index is 556. The molecule has 0 saturated heterocycles. The summed E-state index contributed by atoms with van der Waals surface area (Å²) < 4.78 is 40.7. The topological polar surface area (TPSA) is 58.2 Å². The summed E-state index contributed by atoms with van der Waals surface area (Å²) in [5, 5.41) is 3.17. The van der Waals surface area contributed by atoms with Crippen molar-refractivity contribution < 1.29 is 12.8 Å². The molecule has 0 atom stereocenters. The Morgan fingerprint density at radius 2 is 2.10 bits per heavy atom. The molecule has 1 fully saturated rings. The molecule has 1 aliphatic rings. The lowest BCUT2D eigenvalue weighted by molar-refractivity contribution is 0.382. The van der Waals surface area contributed by atoms with Crippen LogP contribution in [0.15, 0.2) is 23.1 Å². The Morgan fingerprint density at radius 3 is 2.70 bits per heavy atom. The van der Waals surface area contributed by atoms with E-state index in [9.17, 15) is 12.8 Å². The molecule has 112 valence electrons. The molecule has 2 rings (SSSR count). The fourth-order valence-electron chi connectivity index (χ4n) is 2.08. The van der Waals surface area contributed by atoms with Crippen LogP contribution < -0.4 is 10.0 Å². The predicted octanol–water partition coefficient (Wildman–Crippen LogP) is 2.16. The number of rotatable bonds is 7. The van der Waals surface area contributed by atoms with Crippen LogP contribution in [0.5, 0.6) is 0 Å². The first-order chi connectivity index (χ1) is 9.53. The first kappa shape index (κ1) is 15.4. The molecule has 0 unspecified atom stereocenters. The van der Waals surface area contributed by atoms with E-state index in [-0.39, 0.29) is 10.9 Å². The molecule has 20 heavy (non-hydrogen) atoms. The zero-order chi connectivity index (χ0) is 14.6. The largest absolute Gasteiger partial charge is 0.313 e. The molecular weight excluding hydrogens is 279 g/mol. The Balaban J connectivity index is 2.14. The lowest BCUT2D eigenvalue weighted by Crippen LogP contribution is -2.39. The van der Waals surface area contributed by atoms with Gasteiger partial charge < -0.3 is 5.32 Å². The summed E-state index contributed by atoms with van der Waals surface area (Å²) in [6.07, 6.45) is 3.68. The van der Waals surface area contributed by atoms with Crippen molar-refractivity contribution >= 4 is 10.0 Å². The van der Waals surface area contributed by atoms with E-state index in [4.69, 9.17) is 0 Å². The van der Waals surface area contributed by atoms with Gasteiger partial charge >= 0.3 is 0 Å². The molecule has 0 amide bonds. The van der Waals surface area contributed by atoms with Crippen molar-refractivity contribution in [1.29, 1.82) is 0 Å². The van der Waals surface area contributed by atoms with Crippen LogP contribution in [0.3, 0.4) is 0 Å². The molecule has 1 aliphatic carbocycles. The minimum atomic E-state index is -3.76. The first-order valence-electron chi connectivity index (χ1n) is 7.04. The molecule has 0 aromatic heterocycles. The number of benzene rings is 1. The number of nitrogens with one attached hydrogen (secondary N) is 2. The number of halogens is 1. The van der Waals surface area contributed by atoms with Crippen molar-refractivity contribution in [2.45, 2.75) is 50.1 Å². The van der Waals surface area contributed by atoms with Crippen LogP contribution >= 0.6 is 0 Å². The summed E-state index contributed by atoms with van der Waals surface area (Å²) in [4.78, 5) is -0.250. The SMILES string of the molecule is CCCNCc1ccc(F)c(S(=O)(=O)NC2CCC2)c1. The fourth-order valence-corrected chi connectivity index (χ4v) is 3.51. The van der Waals surface area contributed by atoms with Gasteiger partial charge in [-0.05, 0) is 43.5 Å². The smallest absolute Gasteiger partial charge is 0.243 e. The highest BCUT2D eigenvalue weighted by Gasteiger charge is 2.26. The fraction of sp³-hybridized carbons (Fsp3) is 0.571. The van der Waals surface area contributed by atoms with Crippen molar-refractivity contribution in [3.63, 3.8) is 0 Å². The van der Waals surface area contributed by atoms with E-state index in [2.05, 4.69) is 17.0 Å². The molecule has 0 radical (unpaired) electrons. The van der Waals surface area contributed by atoms with Gasteiger partial charge in [0.15, 0.2) is 0 Å². The van der Waals surface area contributed by atoms with Crippen LogP contribution in [-0.2, 0) is 16.6 Å². The summed E-state index contributed by atoms with van der Waals surface area (Å²) in [5.74, 6) is -0.698. The van der Waals surface area contributed by atoms with Crippen molar-refractivity contribution in [2.75, 3.05) is 6.54 Å². The van der Waals surface area contributed by atoms with Gasteiger partial charge in [-0.2, -0.15) is 0 Å². The first-order valence-corrected chi connectivity index (χ1v) is 8.52. The van der Waals surface area contributed by atoms with Gasteiger partial charge in [-0.25, -0.2) is 17.5 Å². The van der Waals surface area contributed by atoms with Crippen LogP contribution in [0.25, 0.3) is 0 Å². The highest BCUT2D eigenvalue weighted by molar-refractivity contribution is 7.89. The maximum atomic E-state index is 13.8. The van der Waals surface area contributed by atoms with Crippen molar-refractivity contribution in [1.82, 2.24) is 10.0 Å². The van der Waals surface area contributed by atoms with Crippen molar-refractivity contribution in [3.05, 3.63) is 29.6 Å². The molecule has 4 nitrogen and oxygen atoms in total. The lowest BCUT2D eigenvalue weighted by atomic mass is 9.94. The summed E-state index contributed by atoms with van der Waals surface area (Å²) in [5.41, 5.74) is 0.772. The zero-order valence-electron chi connectivity index (χ0n) is 11.7. The third-order valence-electron chi connectivity index (χ3n) is 3.47. The number of hydrogen-bond acceptors (Lipinski definition) is 3. The molecular formula is C14H21FN2O2S. The molecule has 1 aromatic carbocycles. The van der Waals surface area contributed by atoms with E-state index in [1.165, 1.54) is 12.1 Å². The zero-order valence-corrected chi connectivity index (χ0v) is 12.5. The number of hydrogen-bond donors (Lipinski definition) is 2. The maximum absolute atomic E-state index is 13.8. The minimum absolute atomic E-state index is 0.0405. The maximum Gasteiger partial charge on any atom is 0.243 e. The Morgan fingerprint density at radius 1 is 1.35 bits per heavy atom. The Hall–Kier alpha value is -0.980. The van der Waals surface area contributed by atoms with Crippen molar-refractivity contribution in [2.24, 2.45) is 0 Å². The Labute approximate surface area is 119 Å². The van der Waals surface area contributed by atoms with E-state index >= 15 is 0 Å². The average molecular weight is 300 g/mol. The van der Waals surface area contributed by atoms with Gasteiger partial charge in [0.1, 0.15) is 10.7 Å². The van der Waals surface area contributed by atoms with Gasteiger partial charge in [-0.15, -0.1) is 0 Å². The van der Waals surface area contributed by atoms with Gasteiger partial charge in [-0.3, -0.25) is 0 Å². The van der Waals surface area contributed by atoms with E-state index in [0.717, 1.165) is 37.8 Å². The second-order valence-electron chi connectivity index (χ2n) is 5.19. The summed E-state index contributed by atoms with van der Waals surface area (Å²) in [6, 6.07) is 4.21. The summed E-state index contributed by atoms with van der Waals surface area (Å²) >= 11 is 0. The van der Waals surface area contributed by atoms with E-state index in [1.807, 2.05) is 0 Å². The van der Waals surface area contributed by atoms with Gasteiger partial charge in [0, 0.05) is 12.6 Å². The third kappa shape index (κ3) is 3.77. The molecule has 0 bridgehead atoms. The molecule has 2 N–H and O–H groups in total. The van der Waals surface area contributed by atoms with E-state index in [0.29, 0.717) is 6.54 Å². The highest BCUT2D eigenvalue weighted by Crippen LogP contribution is 2.23.